The first-order valence-corrected chi connectivity index (χ1v) is 12.2. The number of hydrogen-bond acceptors (Lipinski definition) is 6. The largest absolute Gasteiger partial charge is 0.383 e. The number of amides is 1. The maximum Gasteiger partial charge on any atom is 0.284 e. The number of nitrogens with one attached hydrogen (secondary N) is 1. The number of alkyl halides is 1. The topological polar surface area (TPSA) is 121 Å². The van der Waals surface area contributed by atoms with Crippen molar-refractivity contribution in [2.24, 2.45) is 0 Å². The Morgan fingerprint density at radius 1 is 1.08 bits per heavy atom. The molecule has 1 amide bonds. The van der Waals surface area contributed by atoms with Crippen molar-refractivity contribution in [1.82, 2.24) is 24.3 Å². The molecule has 5 aromatic rings. The molecule has 5 rings (SSSR count). The van der Waals surface area contributed by atoms with Crippen LogP contribution in [0.1, 0.15) is 35.8 Å². The number of nitrogen functional groups attached to an aromatic ring is 1. The minimum absolute atomic E-state index is 0.0703. The number of aromatic nitrogens is 5. The van der Waals surface area contributed by atoms with Crippen molar-refractivity contribution in [2.45, 2.75) is 26.3 Å². The lowest BCUT2D eigenvalue weighted by atomic mass is 10.1. The van der Waals surface area contributed by atoms with E-state index in [9.17, 15) is 18.4 Å². The SMILES string of the molecule is CC(C)c1cc(C(=O)Nc2ccc(-c3cn(CCF)c4ncnc(N)c34)cc2)c(=O)n(-c2ccc(F)cc2)n1. The Kier molecular flexibility index (Phi) is 6.88. The fourth-order valence-electron chi connectivity index (χ4n) is 4.27. The number of nitrogens with two attached hydrogens (primary N) is 1. The fraction of sp³-hybridized carbons (Fsp3) is 0.179. The smallest absolute Gasteiger partial charge is 0.284 e. The molecule has 0 spiro atoms. The summed E-state index contributed by atoms with van der Waals surface area (Å²) in [5.41, 5.74) is 8.73. The molecule has 3 aromatic heterocycles. The number of fused-ring (bicyclic) bond motifs is 1. The van der Waals surface area contributed by atoms with Crippen molar-refractivity contribution < 1.29 is 13.6 Å². The van der Waals surface area contributed by atoms with E-state index in [0.29, 0.717) is 28.1 Å². The van der Waals surface area contributed by atoms with Crippen molar-refractivity contribution in [2.75, 3.05) is 17.7 Å². The minimum Gasteiger partial charge on any atom is -0.383 e. The van der Waals surface area contributed by atoms with Crippen molar-refractivity contribution in [3.63, 3.8) is 0 Å². The number of halogens is 2. The van der Waals surface area contributed by atoms with Gasteiger partial charge in [-0.3, -0.25) is 9.59 Å². The highest BCUT2D eigenvalue weighted by molar-refractivity contribution is 6.04. The molecule has 9 nitrogen and oxygen atoms in total. The predicted molar refractivity (Wildman–Crippen MR) is 145 cm³/mol. The van der Waals surface area contributed by atoms with Crippen LogP contribution in [0.4, 0.5) is 20.3 Å². The molecule has 0 atom stereocenters. The van der Waals surface area contributed by atoms with Crippen molar-refractivity contribution in [1.29, 1.82) is 0 Å². The van der Waals surface area contributed by atoms with E-state index in [2.05, 4.69) is 20.4 Å². The Hall–Kier alpha value is -4.93. The highest BCUT2D eigenvalue weighted by atomic mass is 19.1. The summed E-state index contributed by atoms with van der Waals surface area (Å²) in [7, 11) is 0. The normalized spacial score (nSPS) is 11.3. The third kappa shape index (κ3) is 4.98. The van der Waals surface area contributed by atoms with Crippen molar-refractivity contribution in [3.05, 3.63) is 94.5 Å². The lowest BCUT2D eigenvalue weighted by Gasteiger charge is -2.13. The number of carbonyl (C=O) groups excluding carboxylic acids is 1. The molecule has 39 heavy (non-hydrogen) atoms. The quantitative estimate of drug-likeness (QED) is 0.315. The third-order valence-electron chi connectivity index (χ3n) is 6.30. The predicted octanol–water partition coefficient (Wildman–Crippen LogP) is 4.71. The van der Waals surface area contributed by atoms with Gasteiger partial charge in [0.2, 0.25) is 0 Å². The van der Waals surface area contributed by atoms with E-state index in [1.165, 1.54) is 36.7 Å². The summed E-state index contributed by atoms with van der Waals surface area (Å²) < 4.78 is 29.3. The Morgan fingerprint density at radius 2 is 1.79 bits per heavy atom. The number of carbonyl (C=O) groups is 1. The van der Waals surface area contributed by atoms with E-state index in [0.717, 1.165) is 15.8 Å². The first-order chi connectivity index (χ1) is 18.8. The second kappa shape index (κ2) is 10.4. The van der Waals surface area contributed by atoms with Crippen LogP contribution < -0.4 is 16.6 Å². The van der Waals surface area contributed by atoms with E-state index in [-0.39, 0.29) is 23.8 Å². The first kappa shape index (κ1) is 25.7. The van der Waals surface area contributed by atoms with Crippen molar-refractivity contribution >= 4 is 28.4 Å². The molecule has 0 fully saturated rings. The van der Waals surface area contributed by atoms with Gasteiger partial charge in [0.25, 0.3) is 11.5 Å². The van der Waals surface area contributed by atoms with E-state index in [1.807, 2.05) is 13.8 Å². The van der Waals surface area contributed by atoms with Crippen LogP contribution in [0, 0.1) is 5.82 Å². The Balaban J connectivity index is 1.47. The second-order valence-electron chi connectivity index (χ2n) is 9.25. The Labute approximate surface area is 221 Å². The molecule has 0 aliphatic carbocycles. The molecule has 198 valence electrons. The fourth-order valence-corrected chi connectivity index (χ4v) is 4.27. The summed E-state index contributed by atoms with van der Waals surface area (Å²) in [6.07, 6.45) is 3.11. The summed E-state index contributed by atoms with van der Waals surface area (Å²) in [5, 5.41) is 7.74. The van der Waals surface area contributed by atoms with Gasteiger partial charge in [0.15, 0.2) is 0 Å². The van der Waals surface area contributed by atoms with Gasteiger partial charge in [-0.05, 0) is 53.9 Å². The lowest BCUT2D eigenvalue weighted by Crippen LogP contribution is -2.31. The lowest BCUT2D eigenvalue weighted by molar-refractivity contribution is 0.102. The maximum absolute atomic E-state index is 13.4. The molecule has 2 aromatic carbocycles. The zero-order chi connectivity index (χ0) is 27.7. The van der Waals surface area contributed by atoms with Crippen LogP contribution in [0.2, 0.25) is 0 Å². The molecule has 3 heterocycles. The molecule has 0 saturated heterocycles. The number of benzene rings is 2. The molecule has 0 aliphatic rings. The van der Waals surface area contributed by atoms with Crippen LogP contribution in [0.25, 0.3) is 27.8 Å². The zero-order valence-electron chi connectivity index (χ0n) is 21.2. The molecule has 0 bridgehead atoms. The average Bonchev–Trinajstić information content (AvgIpc) is 3.29. The summed E-state index contributed by atoms with van der Waals surface area (Å²) in [6, 6.07) is 13.7. The highest BCUT2D eigenvalue weighted by Crippen LogP contribution is 2.33. The van der Waals surface area contributed by atoms with Crippen LogP contribution in [-0.2, 0) is 6.54 Å². The number of nitrogens with zero attached hydrogens (tertiary/aromatic N) is 5. The third-order valence-corrected chi connectivity index (χ3v) is 6.30. The number of anilines is 2. The molecular weight excluding hydrogens is 504 g/mol. The van der Waals surface area contributed by atoms with E-state index >= 15 is 0 Å². The standard InChI is InChI=1S/C28H25F2N7O2/c1-16(2)23-13-21(28(39)37(35-23)20-9-5-18(30)6-10-20)27(38)34-19-7-3-17(4-8-19)22-14-36(12-11-29)26-24(22)25(31)32-15-33-26/h3-10,13-16H,11-12H2,1-2H3,(H,34,38)(H2,31,32,33). The van der Waals surface area contributed by atoms with E-state index in [1.54, 1.807) is 35.0 Å². The van der Waals surface area contributed by atoms with Crippen LogP contribution >= 0.6 is 0 Å². The summed E-state index contributed by atoms with van der Waals surface area (Å²) >= 11 is 0. The van der Waals surface area contributed by atoms with Crippen LogP contribution in [0.3, 0.4) is 0 Å². The van der Waals surface area contributed by atoms with Crippen LogP contribution in [-0.4, -0.2) is 36.9 Å². The van der Waals surface area contributed by atoms with Gasteiger partial charge in [0.05, 0.1) is 23.3 Å². The van der Waals surface area contributed by atoms with Gasteiger partial charge >= 0.3 is 0 Å². The van der Waals surface area contributed by atoms with Gasteiger partial charge in [0.1, 0.15) is 35.8 Å². The Bertz CT molecular complexity index is 1730. The van der Waals surface area contributed by atoms with Gasteiger partial charge in [-0.2, -0.15) is 9.78 Å². The molecule has 0 radical (unpaired) electrons. The molecule has 3 N–H and O–H groups in total. The number of rotatable bonds is 7. The Morgan fingerprint density at radius 3 is 2.46 bits per heavy atom. The van der Waals surface area contributed by atoms with Crippen LogP contribution in [0.5, 0.6) is 0 Å². The van der Waals surface area contributed by atoms with Gasteiger partial charge in [0, 0.05) is 17.4 Å². The van der Waals surface area contributed by atoms with Gasteiger partial charge in [-0.25, -0.2) is 18.7 Å². The number of hydrogen-bond donors (Lipinski definition) is 2. The van der Waals surface area contributed by atoms with Crippen LogP contribution in [0.15, 0.2) is 71.9 Å². The minimum atomic E-state index is -0.628. The van der Waals surface area contributed by atoms with Gasteiger partial charge in [-0.15, -0.1) is 0 Å². The summed E-state index contributed by atoms with van der Waals surface area (Å²) in [6.45, 7) is 3.35. The molecule has 0 aliphatic heterocycles. The maximum atomic E-state index is 13.4. The van der Waals surface area contributed by atoms with E-state index < -0.39 is 24.0 Å². The second-order valence-corrected chi connectivity index (χ2v) is 9.25. The average molecular weight is 530 g/mol. The molecular formula is C28H25F2N7O2. The highest BCUT2D eigenvalue weighted by Gasteiger charge is 2.19. The van der Waals surface area contributed by atoms with Gasteiger partial charge < -0.3 is 15.6 Å². The van der Waals surface area contributed by atoms with Crippen molar-refractivity contribution in [3.8, 4) is 16.8 Å². The van der Waals surface area contributed by atoms with Gasteiger partial charge in [-0.1, -0.05) is 26.0 Å². The molecule has 11 heteroatoms. The summed E-state index contributed by atoms with van der Waals surface area (Å²) in [5.74, 6) is -0.847. The number of aryl methyl sites for hydroxylation is 1. The zero-order valence-corrected chi connectivity index (χ0v) is 21.2. The van der Waals surface area contributed by atoms with E-state index in [4.69, 9.17) is 5.73 Å². The monoisotopic (exact) mass is 529 g/mol. The summed E-state index contributed by atoms with van der Waals surface area (Å²) in [4.78, 5) is 34.7. The molecule has 0 unspecified atom stereocenters. The molecule has 0 saturated carbocycles. The first-order valence-electron chi connectivity index (χ1n) is 12.2.